The van der Waals surface area contributed by atoms with Crippen LogP contribution in [0.1, 0.15) is 115 Å². The van der Waals surface area contributed by atoms with Crippen LogP contribution < -0.4 is 0 Å². The smallest absolute Gasteiger partial charge is 0.270 e. The zero-order valence-electron chi connectivity index (χ0n) is 19.7. The van der Waals surface area contributed by atoms with Crippen molar-refractivity contribution in [1.29, 1.82) is 0 Å². The Hall–Kier alpha value is 0.130. The van der Waals surface area contributed by atoms with Crippen molar-refractivity contribution in [2.45, 2.75) is 115 Å². The molecule has 0 aromatic heterocycles. The Labute approximate surface area is 209 Å². The first-order valence-electron chi connectivity index (χ1n) is 12.0. The second-order valence-corrected chi connectivity index (χ2v) is 9.95. The number of hydrogen-bond donors (Lipinski definition) is 0. The summed E-state index contributed by atoms with van der Waals surface area (Å²) in [5.74, 6) is -0.0350. The summed E-state index contributed by atoms with van der Waals surface area (Å²) in [4.78, 5) is 0. The molecule has 5 heteroatoms. The van der Waals surface area contributed by atoms with Gasteiger partial charge in [-0.25, -0.2) is 0 Å². The minimum absolute atomic E-state index is 0. The van der Waals surface area contributed by atoms with Crippen molar-refractivity contribution in [2.75, 3.05) is 6.61 Å². The molecule has 0 N–H and O–H groups in total. The SMILES string of the molecule is CCCCCCCCCCCCCCCCCCOS(=O)(=O)Cc1ccccc1.[Na]. The van der Waals surface area contributed by atoms with Crippen molar-refractivity contribution < 1.29 is 12.6 Å². The first-order chi connectivity index (χ1) is 14.1. The van der Waals surface area contributed by atoms with Gasteiger partial charge in [0.2, 0.25) is 0 Å². The molecule has 0 aliphatic carbocycles. The molecule has 0 saturated heterocycles. The van der Waals surface area contributed by atoms with E-state index >= 15 is 0 Å². The average Bonchev–Trinajstić information content (AvgIpc) is 2.70. The van der Waals surface area contributed by atoms with Crippen LogP contribution in [0, 0.1) is 0 Å². The van der Waals surface area contributed by atoms with Crippen molar-refractivity contribution in [3.05, 3.63) is 35.9 Å². The van der Waals surface area contributed by atoms with Crippen molar-refractivity contribution >= 4 is 39.7 Å². The first kappa shape index (κ1) is 30.1. The standard InChI is InChI=1S/C25H44O3S.Na/c1-2-3-4-5-6-7-8-9-10-11-12-13-14-15-16-20-23-28-29(26,27)24-25-21-18-17-19-22-25;/h17-19,21-22H,2-16,20,23-24H2,1H3;. The van der Waals surface area contributed by atoms with Crippen LogP contribution in [-0.2, 0) is 20.1 Å². The summed E-state index contributed by atoms with van der Waals surface area (Å²) >= 11 is 0. The molecule has 0 heterocycles. The van der Waals surface area contributed by atoms with Crippen LogP contribution >= 0.6 is 0 Å². The monoisotopic (exact) mass is 447 g/mol. The molecule has 0 spiro atoms. The summed E-state index contributed by atoms with van der Waals surface area (Å²) in [6.07, 6.45) is 21.0. The zero-order chi connectivity index (χ0) is 21.0. The van der Waals surface area contributed by atoms with Gasteiger partial charge >= 0.3 is 0 Å². The van der Waals surface area contributed by atoms with Gasteiger partial charge in [-0.3, -0.25) is 4.18 Å². The Morgan fingerprint density at radius 3 is 1.47 bits per heavy atom. The number of benzene rings is 1. The third kappa shape index (κ3) is 18.9. The van der Waals surface area contributed by atoms with E-state index in [4.69, 9.17) is 4.18 Å². The van der Waals surface area contributed by atoms with E-state index in [1.54, 1.807) is 0 Å². The summed E-state index contributed by atoms with van der Waals surface area (Å²) in [7, 11) is -3.46. The van der Waals surface area contributed by atoms with Gasteiger partial charge in [-0.15, -0.1) is 0 Å². The van der Waals surface area contributed by atoms with E-state index in [-0.39, 0.29) is 35.3 Å². The molecular weight excluding hydrogens is 403 g/mol. The summed E-state index contributed by atoms with van der Waals surface area (Å²) in [6.45, 7) is 2.59. The molecule has 0 saturated carbocycles. The number of unbranched alkanes of at least 4 members (excludes halogenated alkanes) is 15. The summed E-state index contributed by atoms with van der Waals surface area (Å²) < 4.78 is 29.0. The van der Waals surface area contributed by atoms with Gasteiger partial charge in [0.25, 0.3) is 10.1 Å². The van der Waals surface area contributed by atoms with Gasteiger partial charge in [-0.2, -0.15) is 8.42 Å². The van der Waals surface area contributed by atoms with Crippen LogP contribution in [0.2, 0.25) is 0 Å². The molecule has 0 unspecified atom stereocenters. The van der Waals surface area contributed by atoms with Gasteiger partial charge in [0.1, 0.15) is 5.75 Å². The summed E-state index contributed by atoms with van der Waals surface area (Å²) in [5, 5.41) is 0. The Morgan fingerprint density at radius 1 is 0.633 bits per heavy atom. The van der Waals surface area contributed by atoms with Gasteiger partial charge in [0, 0.05) is 29.6 Å². The molecule has 1 radical (unpaired) electrons. The van der Waals surface area contributed by atoms with E-state index in [0.717, 1.165) is 18.4 Å². The molecule has 30 heavy (non-hydrogen) atoms. The van der Waals surface area contributed by atoms with Crippen molar-refractivity contribution in [2.24, 2.45) is 0 Å². The maximum Gasteiger partial charge on any atom is 0.271 e. The average molecular weight is 448 g/mol. The third-order valence-corrected chi connectivity index (χ3v) is 6.66. The zero-order valence-corrected chi connectivity index (χ0v) is 22.6. The van der Waals surface area contributed by atoms with Crippen LogP contribution in [0.5, 0.6) is 0 Å². The Bertz CT molecular complexity index is 575. The molecule has 1 rings (SSSR count). The molecule has 169 valence electrons. The predicted octanol–water partition coefficient (Wildman–Crippen LogP) is 7.41. The number of rotatable bonds is 20. The minimum Gasteiger partial charge on any atom is -0.270 e. The molecular formula is C25H44NaO3S. The van der Waals surface area contributed by atoms with E-state index in [2.05, 4.69) is 6.92 Å². The maximum atomic E-state index is 11.9. The fourth-order valence-electron chi connectivity index (χ4n) is 3.66. The molecule has 3 nitrogen and oxygen atoms in total. The maximum absolute atomic E-state index is 11.9. The van der Waals surface area contributed by atoms with Crippen LogP contribution in [0.4, 0.5) is 0 Å². The molecule has 0 aliphatic heterocycles. The fourth-order valence-corrected chi connectivity index (χ4v) is 4.71. The molecule has 0 atom stereocenters. The van der Waals surface area contributed by atoms with Crippen LogP contribution in [0.15, 0.2) is 30.3 Å². The van der Waals surface area contributed by atoms with Crippen LogP contribution in [-0.4, -0.2) is 44.6 Å². The van der Waals surface area contributed by atoms with Gasteiger partial charge in [-0.05, 0) is 12.0 Å². The van der Waals surface area contributed by atoms with E-state index in [1.807, 2.05) is 30.3 Å². The molecule has 0 aliphatic rings. The predicted molar refractivity (Wildman–Crippen MR) is 130 cm³/mol. The number of hydrogen-bond acceptors (Lipinski definition) is 3. The summed E-state index contributed by atoms with van der Waals surface area (Å²) in [5.41, 5.74) is 0.777. The topological polar surface area (TPSA) is 43.4 Å². The van der Waals surface area contributed by atoms with Gasteiger partial charge < -0.3 is 0 Å². The van der Waals surface area contributed by atoms with Crippen LogP contribution in [0.25, 0.3) is 0 Å². The Balaban J connectivity index is 0.00000841. The minimum atomic E-state index is -3.46. The second kappa shape index (κ2) is 21.0. The Morgan fingerprint density at radius 2 is 1.03 bits per heavy atom. The van der Waals surface area contributed by atoms with Gasteiger partial charge in [0.15, 0.2) is 0 Å². The summed E-state index contributed by atoms with van der Waals surface area (Å²) in [6, 6.07) is 9.21. The van der Waals surface area contributed by atoms with Gasteiger partial charge in [-0.1, -0.05) is 134 Å². The molecule has 0 fully saturated rings. The molecule has 0 bridgehead atoms. The molecule has 1 aromatic rings. The Kier molecular flexibility index (Phi) is 21.1. The van der Waals surface area contributed by atoms with Gasteiger partial charge in [0.05, 0.1) is 6.61 Å². The quantitative estimate of drug-likeness (QED) is 0.119. The third-order valence-electron chi connectivity index (χ3n) is 5.45. The normalized spacial score (nSPS) is 11.4. The van der Waals surface area contributed by atoms with Crippen LogP contribution in [0.3, 0.4) is 0 Å². The molecule has 1 aromatic carbocycles. The van der Waals surface area contributed by atoms with Crippen molar-refractivity contribution in [3.63, 3.8) is 0 Å². The molecule has 0 amide bonds. The largest absolute Gasteiger partial charge is 0.271 e. The fraction of sp³-hybridized carbons (Fsp3) is 0.760. The second-order valence-electron chi connectivity index (χ2n) is 8.31. The van der Waals surface area contributed by atoms with E-state index < -0.39 is 10.1 Å². The van der Waals surface area contributed by atoms with Crippen molar-refractivity contribution in [1.82, 2.24) is 0 Å². The van der Waals surface area contributed by atoms with E-state index in [0.29, 0.717) is 6.61 Å². The van der Waals surface area contributed by atoms with E-state index in [1.165, 1.54) is 89.9 Å². The first-order valence-corrected chi connectivity index (χ1v) is 13.6. The van der Waals surface area contributed by atoms with E-state index in [9.17, 15) is 8.42 Å². The van der Waals surface area contributed by atoms with Crippen molar-refractivity contribution in [3.8, 4) is 0 Å².